The number of hydrogen-bond acceptors (Lipinski definition) is 3. The summed E-state index contributed by atoms with van der Waals surface area (Å²) in [6, 6.07) is 0.124. The summed E-state index contributed by atoms with van der Waals surface area (Å²) < 4.78 is 37.2. The third-order valence-corrected chi connectivity index (χ3v) is 2.90. The van der Waals surface area contributed by atoms with E-state index in [1.165, 1.54) is 14.0 Å². The van der Waals surface area contributed by atoms with E-state index in [0.29, 0.717) is 6.07 Å². The number of hydrogen-bond donors (Lipinski definition) is 2. The monoisotopic (exact) mass is 306 g/mol. The molecule has 0 spiro atoms. The van der Waals surface area contributed by atoms with Crippen LogP contribution in [0.1, 0.15) is 29.4 Å². The molecule has 2 N–H and O–H groups in total. The first-order valence-corrected chi connectivity index (χ1v) is 5.90. The van der Waals surface area contributed by atoms with Crippen molar-refractivity contribution in [3.8, 4) is 0 Å². The summed E-state index contributed by atoms with van der Waals surface area (Å²) in [5, 5.41) is 8.93. The molecule has 21 heavy (non-hydrogen) atoms. The summed E-state index contributed by atoms with van der Waals surface area (Å²) >= 11 is 0. The highest BCUT2D eigenvalue weighted by Gasteiger charge is 2.33. The van der Waals surface area contributed by atoms with Crippen LogP contribution in [-0.4, -0.2) is 40.0 Å². The van der Waals surface area contributed by atoms with Crippen LogP contribution in [0.15, 0.2) is 16.9 Å². The van der Waals surface area contributed by atoms with Gasteiger partial charge in [0.2, 0.25) is 0 Å². The lowest BCUT2D eigenvalue weighted by Gasteiger charge is -2.23. The van der Waals surface area contributed by atoms with E-state index in [4.69, 9.17) is 5.11 Å². The Balaban J connectivity index is 3.15. The van der Waals surface area contributed by atoms with Gasteiger partial charge in [0.1, 0.15) is 17.3 Å². The van der Waals surface area contributed by atoms with Crippen molar-refractivity contribution in [2.24, 2.45) is 0 Å². The van der Waals surface area contributed by atoms with E-state index in [1.54, 1.807) is 4.98 Å². The molecule has 116 valence electrons. The average Bonchev–Trinajstić information content (AvgIpc) is 2.36. The Kier molecular flexibility index (Phi) is 4.77. The third kappa shape index (κ3) is 3.61. The zero-order chi connectivity index (χ0) is 16.4. The molecule has 0 aliphatic carbocycles. The topological polar surface area (TPSA) is 90.5 Å². The van der Waals surface area contributed by atoms with E-state index in [1.807, 2.05) is 0 Å². The lowest BCUT2D eigenvalue weighted by molar-refractivity contribution is -0.142. The van der Waals surface area contributed by atoms with Crippen molar-refractivity contribution in [3.05, 3.63) is 33.7 Å². The van der Waals surface area contributed by atoms with Crippen LogP contribution >= 0.6 is 0 Å². The van der Waals surface area contributed by atoms with Gasteiger partial charge in [-0.05, 0) is 18.6 Å². The number of likely N-dealkylation sites (N-methyl/N-ethyl adjacent to an activating group) is 1. The van der Waals surface area contributed by atoms with Gasteiger partial charge in [-0.2, -0.15) is 13.2 Å². The van der Waals surface area contributed by atoms with Gasteiger partial charge in [-0.1, -0.05) is 6.92 Å². The van der Waals surface area contributed by atoms with Gasteiger partial charge in [0.15, 0.2) is 0 Å². The van der Waals surface area contributed by atoms with Gasteiger partial charge < -0.3 is 15.0 Å². The van der Waals surface area contributed by atoms with E-state index in [9.17, 15) is 27.6 Å². The molecule has 0 saturated carbocycles. The number of carbonyl (C=O) groups is 2. The SMILES string of the molecule is CCC(C(=O)O)N(C)C(=O)c1ccc(C(F)(F)F)[nH]c1=O. The maximum atomic E-state index is 12.4. The number of halogens is 3. The Bertz CT molecular complexity index is 609. The van der Waals surface area contributed by atoms with Gasteiger partial charge in [-0.15, -0.1) is 0 Å². The van der Waals surface area contributed by atoms with E-state index in [-0.39, 0.29) is 6.42 Å². The summed E-state index contributed by atoms with van der Waals surface area (Å²) in [6.45, 7) is 1.53. The standard InChI is InChI=1S/C12H13F3N2O4/c1-3-7(11(20)21)17(2)10(19)6-4-5-8(12(13,14)15)16-9(6)18/h4-5,7H,3H2,1-2H3,(H,16,18)(H,20,21). The molecule has 0 radical (unpaired) electrons. The Hall–Kier alpha value is -2.32. The average molecular weight is 306 g/mol. The Morgan fingerprint density at radius 2 is 1.95 bits per heavy atom. The number of aliphatic carboxylic acids is 1. The van der Waals surface area contributed by atoms with Crippen molar-refractivity contribution in [1.82, 2.24) is 9.88 Å². The molecule has 1 atom stereocenters. The lowest BCUT2D eigenvalue weighted by Crippen LogP contribution is -2.43. The molecule has 0 saturated heterocycles. The van der Waals surface area contributed by atoms with Crippen molar-refractivity contribution in [3.63, 3.8) is 0 Å². The van der Waals surface area contributed by atoms with Crippen molar-refractivity contribution >= 4 is 11.9 Å². The van der Waals surface area contributed by atoms with Gasteiger partial charge in [-0.3, -0.25) is 9.59 Å². The number of carbonyl (C=O) groups excluding carboxylic acids is 1. The number of carboxylic acids is 1. The second kappa shape index (κ2) is 5.98. The number of amides is 1. The fourth-order valence-electron chi connectivity index (χ4n) is 1.75. The molecule has 0 aromatic carbocycles. The first kappa shape index (κ1) is 16.7. The predicted molar refractivity (Wildman–Crippen MR) is 65.9 cm³/mol. The maximum Gasteiger partial charge on any atom is 0.431 e. The number of carboxylic acid groups (broad SMARTS) is 1. The van der Waals surface area contributed by atoms with Crippen LogP contribution < -0.4 is 5.56 Å². The molecule has 1 heterocycles. The number of pyridine rings is 1. The minimum absolute atomic E-state index is 0.0934. The number of nitrogens with one attached hydrogen (secondary N) is 1. The highest BCUT2D eigenvalue weighted by atomic mass is 19.4. The van der Waals surface area contributed by atoms with E-state index in [2.05, 4.69) is 0 Å². The summed E-state index contributed by atoms with van der Waals surface area (Å²) in [5.74, 6) is -2.23. The number of rotatable bonds is 4. The number of aromatic amines is 1. The van der Waals surface area contributed by atoms with Crippen LogP contribution in [0.5, 0.6) is 0 Å². The zero-order valence-corrected chi connectivity index (χ0v) is 11.2. The molecule has 9 heteroatoms. The minimum Gasteiger partial charge on any atom is -0.480 e. The first-order chi connectivity index (χ1) is 9.59. The Labute approximate surface area is 117 Å². The molecule has 1 rings (SSSR count). The second-order valence-electron chi connectivity index (χ2n) is 4.29. The fraction of sp³-hybridized carbons (Fsp3) is 0.417. The summed E-state index contributed by atoms with van der Waals surface area (Å²) in [4.78, 5) is 36.9. The van der Waals surface area contributed by atoms with Crippen LogP contribution in [-0.2, 0) is 11.0 Å². The number of aromatic nitrogens is 1. The van der Waals surface area contributed by atoms with Crippen molar-refractivity contribution in [1.29, 1.82) is 0 Å². The second-order valence-corrected chi connectivity index (χ2v) is 4.29. The molecular formula is C12H13F3N2O4. The van der Waals surface area contributed by atoms with Gasteiger partial charge in [0, 0.05) is 7.05 Å². The molecule has 6 nitrogen and oxygen atoms in total. The highest BCUT2D eigenvalue weighted by molar-refractivity contribution is 5.96. The molecule has 1 aromatic rings. The molecule has 1 aromatic heterocycles. The van der Waals surface area contributed by atoms with E-state index in [0.717, 1.165) is 11.0 Å². The molecule has 1 unspecified atom stereocenters. The van der Waals surface area contributed by atoms with Crippen LogP contribution in [0.25, 0.3) is 0 Å². The number of H-pyrrole nitrogens is 1. The van der Waals surface area contributed by atoms with E-state index >= 15 is 0 Å². The maximum absolute atomic E-state index is 12.4. The van der Waals surface area contributed by atoms with Crippen molar-refractivity contribution < 1.29 is 27.9 Å². The Morgan fingerprint density at radius 3 is 2.33 bits per heavy atom. The molecule has 0 fully saturated rings. The van der Waals surface area contributed by atoms with E-state index < -0.39 is 40.9 Å². The normalized spacial score (nSPS) is 12.8. The molecule has 0 aliphatic heterocycles. The van der Waals surface area contributed by atoms with Gasteiger partial charge in [-0.25, -0.2) is 4.79 Å². The smallest absolute Gasteiger partial charge is 0.431 e. The predicted octanol–water partition coefficient (Wildman–Crippen LogP) is 1.33. The minimum atomic E-state index is -4.74. The first-order valence-electron chi connectivity index (χ1n) is 5.90. The Morgan fingerprint density at radius 1 is 1.38 bits per heavy atom. The summed E-state index contributed by atoms with van der Waals surface area (Å²) in [5.41, 5.74) is -3.05. The zero-order valence-electron chi connectivity index (χ0n) is 11.2. The highest BCUT2D eigenvalue weighted by Crippen LogP contribution is 2.26. The molecule has 0 bridgehead atoms. The largest absolute Gasteiger partial charge is 0.480 e. The molecule has 1 amide bonds. The summed E-state index contributed by atoms with van der Waals surface area (Å²) in [6.07, 6.45) is -4.64. The molecular weight excluding hydrogens is 293 g/mol. The molecule has 0 aliphatic rings. The van der Waals surface area contributed by atoms with Crippen LogP contribution in [0.3, 0.4) is 0 Å². The van der Waals surface area contributed by atoms with Crippen molar-refractivity contribution in [2.45, 2.75) is 25.6 Å². The third-order valence-electron chi connectivity index (χ3n) is 2.90. The van der Waals surface area contributed by atoms with Gasteiger partial charge in [0.25, 0.3) is 11.5 Å². The van der Waals surface area contributed by atoms with Gasteiger partial charge in [0.05, 0.1) is 0 Å². The van der Waals surface area contributed by atoms with Crippen LogP contribution in [0.4, 0.5) is 13.2 Å². The quantitative estimate of drug-likeness (QED) is 0.878. The van der Waals surface area contributed by atoms with Crippen LogP contribution in [0, 0.1) is 0 Å². The summed E-state index contributed by atoms with van der Waals surface area (Å²) in [7, 11) is 1.17. The fourth-order valence-corrected chi connectivity index (χ4v) is 1.75. The van der Waals surface area contributed by atoms with Crippen molar-refractivity contribution in [2.75, 3.05) is 7.05 Å². The van der Waals surface area contributed by atoms with Crippen LogP contribution in [0.2, 0.25) is 0 Å². The number of nitrogens with zero attached hydrogens (tertiary/aromatic N) is 1. The number of alkyl halides is 3. The van der Waals surface area contributed by atoms with Gasteiger partial charge >= 0.3 is 12.1 Å². The lowest BCUT2D eigenvalue weighted by atomic mass is 10.1.